The number of piperazine rings is 1. The molecule has 40 heavy (non-hydrogen) atoms. The molecule has 5 rings (SSSR count). The standard InChI is InChI=1S/C32H37N5O3/c1-2-35-24-30(38)36-28(21-26-15-8-4-9-16-26)31(39)34(20-12-19-25-13-6-3-7-14-25)23-29(36)37(35)32(40)33-22-27-17-10-5-11-18-27/h3-11,13-18,28-29H,2,12,19-24H2,1H3,(H,33,40)/t28-,29-/m0/s1. The summed E-state index contributed by atoms with van der Waals surface area (Å²) in [4.78, 5) is 44.7. The van der Waals surface area contributed by atoms with Crippen LogP contribution in [0.3, 0.4) is 0 Å². The predicted octanol–water partition coefficient (Wildman–Crippen LogP) is 3.69. The summed E-state index contributed by atoms with van der Waals surface area (Å²) in [5.41, 5.74) is 3.20. The van der Waals surface area contributed by atoms with Gasteiger partial charge in [0.15, 0.2) is 0 Å². The maximum atomic E-state index is 13.9. The number of amides is 4. The first-order chi connectivity index (χ1) is 19.5. The fourth-order valence-corrected chi connectivity index (χ4v) is 5.68. The smallest absolute Gasteiger partial charge is 0.334 e. The summed E-state index contributed by atoms with van der Waals surface area (Å²) < 4.78 is 0. The van der Waals surface area contributed by atoms with E-state index in [0.717, 1.165) is 24.0 Å². The molecule has 0 unspecified atom stereocenters. The molecule has 8 heteroatoms. The Bertz CT molecular complexity index is 1290. The van der Waals surface area contributed by atoms with E-state index in [4.69, 9.17) is 0 Å². The number of carbonyl (C=O) groups is 3. The summed E-state index contributed by atoms with van der Waals surface area (Å²) in [6.07, 6.45) is 1.47. The van der Waals surface area contributed by atoms with Gasteiger partial charge in [-0.25, -0.2) is 14.8 Å². The number of hydrazine groups is 1. The molecule has 2 saturated heterocycles. The molecule has 0 bridgehead atoms. The van der Waals surface area contributed by atoms with Crippen molar-refractivity contribution in [3.63, 3.8) is 0 Å². The van der Waals surface area contributed by atoms with Crippen LogP contribution in [-0.2, 0) is 29.0 Å². The van der Waals surface area contributed by atoms with Gasteiger partial charge in [-0.1, -0.05) is 97.9 Å². The van der Waals surface area contributed by atoms with Gasteiger partial charge < -0.3 is 15.1 Å². The molecular weight excluding hydrogens is 502 g/mol. The highest BCUT2D eigenvalue weighted by Crippen LogP contribution is 2.28. The van der Waals surface area contributed by atoms with Crippen LogP contribution in [-0.4, -0.2) is 76.0 Å². The Labute approximate surface area is 236 Å². The van der Waals surface area contributed by atoms with E-state index in [1.165, 1.54) is 5.56 Å². The minimum Gasteiger partial charge on any atom is -0.337 e. The Hall–Kier alpha value is -4.17. The molecule has 2 fully saturated rings. The number of urea groups is 1. The van der Waals surface area contributed by atoms with Crippen molar-refractivity contribution in [3.05, 3.63) is 108 Å². The number of fused-ring (bicyclic) bond motifs is 1. The van der Waals surface area contributed by atoms with Crippen molar-refractivity contribution in [2.24, 2.45) is 0 Å². The molecule has 1 N–H and O–H groups in total. The molecule has 0 aliphatic carbocycles. The molecule has 0 saturated carbocycles. The second kappa shape index (κ2) is 12.8. The molecule has 0 aromatic heterocycles. The van der Waals surface area contributed by atoms with Gasteiger partial charge >= 0.3 is 6.03 Å². The molecule has 3 aromatic rings. The lowest BCUT2D eigenvalue weighted by Gasteiger charge is -2.55. The van der Waals surface area contributed by atoms with Gasteiger partial charge in [-0.2, -0.15) is 0 Å². The highest BCUT2D eigenvalue weighted by molar-refractivity contribution is 5.91. The SMILES string of the molecule is CCN1CC(=O)N2[C@@H](Cc3ccccc3)C(=O)N(CCCc3ccccc3)C[C@@H]2N1C(=O)NCc1ccccc1. The molecule has 2 atom stereocenters. The summed E-state index contributed by atoms with van der Waals surface area (Å²) in [7, 11) is 0. The average molecular weight is 540 g/mol. The monoisotopic (exact) mass is 539 g/mol. The summed E-state index contributed by atoms with van der Waals surface area (Å²) in [5, 5.41) is 6.50. The van der Waals surface area contributed by atoms with Crippen LogP contribution in [0.1, 0.15) is 30.0 Å². The van der Waals surface area contributed by atoms with Crippen molar-refractivity contribution < 1.29 is 14.4 Å². The summed E-state index contributed by atoms with van der Waals surface area (Å²) in [5.74, 6) is -0.187. The number of hydrogen-bond donors (Lipinski definition) is 1. The van der Waals surface area contributed by atoms with Crippen molar-refractivity contribution in [1.82, 2.24) is 25.1 Å². The highest BCUT2D eigenvalue weighted by Gasteiger charge is 2.50. The van der Waals surface area contributed by atoms with Crippen LogP contribution >= 0.6 is 0 Å². The fourth-order valence-electron chi connectivity index (χ4n) is 5.68. The second-order valence-electron chi connectivity index (χ2n) is 10.3. The minimum absolute atomic E-state index is 0.0539. The van der Waals surface area contributed by atoms with E-state index in [2.05, 4.69) is 17.4 Å². The Kier molecular flexibility index (Phi) is 8.76. The second-order valence-corrected chi connectivity index (χ2v) is 10.3. The molecular formula is C32H37N5O3. The average Bonchev–Trinajstić information content (AvgIpc) is 2.99. The third-order valence-corrected chi connectivity index (χ3v) is 7.70. The molecule has 0 radical (unpaired) electrons. The summed E-state index contributed by atoms with van der Waals surface area (Å²) in [6.45, 7) is 3.70. The third kappa shape index (κ3) is 6.18. The van der Waals surface area contributed by atoms with E-state index in [1.807, 2.05) is 90.7 Å². The molecule has 8 nitrogen and oxygen atoms in total. The van der Waals surface area contributed by atoms with Crippen molar-refractivity contribution >= 4 is 17.8 Å². The number of nitrogens with zero attached hydrogens (tertiary/aromatic N) is 4. The first-order valence-electron chi connectivity index (χ1n) is 14.1. The van der Waals surface area contributed by atoms with Crippen LogP contribution in [0.5, 0.6) is 0 Å². The van der Waals surface area contributed by atoms with Gasteiger partial charge in [-0.05, 0) is 29.5 Å². The Morgan fingerprint density at radius 2 is 1.45 bits per heavy atom. The number of benzene rings is 3. The molecule has 3 aromatic carbocycles. The minimum atomic E-state index is -0.672. The van der Waals surface area contributed by atoms with Crippen LogP contribution in [0.2, 0.25) is 0 Å². The molecule has 2 aliphatic rings. The number of rotatable bonds is 9. The van der Waals surface area contributed by atoms with Crippen molar-refractivity contribution in [2.45, 2.75) is 44.9 Å². The molecule has 2 aliphatic heterocycles. The van der Waals surface area contributed by atoms with E-state index in [9.17, 15) is 14.4 Å². The van der Waals surface area contributed by atoms with Gasteiger partial charge in [0.25, 0.3) is 0 Å². The van der Waals surface area contributed by atoms with E-state index in [1.54, 1.807) is 14.9 Å². The van der Waals surface area contributed by atoms with Crippen molar-refractivity contribution in [1.29, 1.82) is 0 Å². The zero-order valence-corrected chi connectivity index (χ0v) is 23.0. The quantitative estimate of drug-likeness (QED) is 0.450. The molecule has 208 valence electrons. The number of hydrogen-bond acceptors (Lipinski definition) is 4. The van der Waals surface area contributed by atoms with Crippen LogP contribution in [0.25, 0.3) is 0 Å². The third-order valence-electron chi connectivity index (χ3n) is 7.70. The van der Waals surface area contributed by atoms with Crippen molar-refractivity contribution in [2.75, 3.05) is 26.2 Å². The zero-order chi connectivity index (χ0) is 27.9. The normalized spacial score (nSPS) is 19.5. The topological polar surface area (TPSA) is 76.2 Å². The van der Waals surface area contributed by atoms with Gasteiger partial charge in [-0.3, -0.25) is 9.59 Å². The number of carbonyl (C=O) groups excluding carboxylic acids is 3. The molecule has 0 spiro atoms. The maximum Gasteiger partial charge on any atom is 0.334 e. The predicted molar refractivity (Wildman–Crippen MR) is 154 cm³/mol. The Morgan fingerprint density at radius 3 is 2.08 bits per heavy atom. The zero-order valence-electron chi connectivity index (χ0n) is 23.0. The Balaban J connectivity index is 1.40. The fraction of sp³-hybridized carbons (Fsp3) is 0.344. The summed E-state index contributed by atoms with van der Waals surface area (Å²) in [6, 6.07) is 28.8. The van der Waals surface area contributed by atoms with E-state index in [-0.39, 0.29) is 30.9 Å². The number of likely N-dealkylation sites (N-methyl/N-ethyl adjacent to an activating group) is 1. The van der Waals surface area contributed by atoms with E-state index >= 15 is 0 Å². The first kappa shape index (κ1) is 27.4. The van der Waals surface area contributed by atoms with Crippen LogP contribution in [0.4, 0.5) is 4.79 Å². The summed E-state index contributed by atoms with van der Waals surface area (Å²) >= 11 is 0. The van der Waals surface area contributed by atoms with Crippen molar-refractivity contribution in [3.8, 4) is 0 Å². The largest absolute Gasteiger partial charge is 0.337 e. The van der Waals surface area contributed by atoms with E-state index < -0.39 is 12.2 Å². The van der Waals surface area contributed by atoms with Gasteiger partial charge in [0.05, 0.1) is 13.1 Å². The highest BCUT2D eigenvalue weighted by atomic mass is 16.2. The maximum absolute atomic E-state index is 13.9. The lowest BCUT2D eigenvalue weighted by Crippen LogP contribution is -2.76. The van der Waals surface area contributed by atoms with E-state index in [0.29, 0.717) is 26.1 Å². The Morgan fingerprint density at radius 1 is 0.850 bits per heavy atom. The van der Waals surface area contributed by atoms with Gasteiger partial charge in [0.2, 0.25) is 11.8 Å². The van der Waals surface area contributed by atoms with Crippen LogP contribution < -0.4 is 5.32 Å². The lowest BCUT2D eigenvalue weighted by atomic mass is 9.98. The van der Waals surface area contributed by atoms with Gasteiger partial charge in [0, 0.05) is 26.1 Å². The van der Waals surface area contributed by atoms with Gasteiger partial charge in [-0.15, -0.1) is 0 Å². The molecule has 2 heterocycles. The van der Waals surface area contributed by atoms with Crippen LogP contribution in [0, 0.1) is 0 Å². The number of aryl methyl sites for hydroxylation is 1. The molecule has 4 amide bonds. The van der Waals surface area contributed by atoms with Crippen LogP contribution in [0.15, 0.2) is 91.0 Å². The van der Waals surface area contributed by atoms with Gasteiger partial charge in [0.1, 0.15) is 12.2 Å². The first-order valence-corrected chi connectivity index (χ1v) is 14.1. The lowest BCUT2D eigenvalue weighted by molar-refractivity contribution is -0.189. The number of nitrogens with one attached hydrogen (secondary N) is 1.